The SMILES string of the molecule is NC(CSCC(=O)Nc1cc(F)cc(F)c1)C(=O)O. The first-order valence-corrected chi connectivity index (χ1v) is 6.36. The molecule has 19 heavy (non-hydrogen) atoms. The van der Waals surface area contributed by atoms with Gasteiger partial charge in [-0.3, -0.25) is 9.59 Å². The van der Waals surface area contributed by atoms with E-state index in [0.29, 0.717) is 6.07 Å². The summed E-state index contributed by atoms with van der Waals surface area (Å²) >= 11 is 1.02. The second-order valence-corrected chi connectivity index (χ2v) is 4.70. The Hall–Kier alpha value is -1.67. The first kappa shape index (κ1) is 15.4. The Morgan fingerprint density at radius 3 is 2.42 bits per heavy atom. The molecule has 1 aromatic carbocycles. The van der Waals surface area contributed by atoms with Crippen LogP contribution < -0.4 is 11.1 Å². The number of carbonyl (C=O) groups is 2. The summed E-state index contributed by atoms with van der Waals surface area (Å²) in [5, 5.41) is 10.8. The highest BCUT2D eigenvalue weighted by Crippen LogP contribution is 2.13. The first-order chi connectivity index (χ1) is 8.88. The summed E-state index contributed by atoms with van der Waals surface area (Å²) in [6.07, 6.45) is 0. The van der Waals surface area contributed by atoms with E-state index >= 15 is 0 Å². The molecule has 1 aromatic rings. The summed E-state index contributed by atoms with van der Waals surface area (Å²) in [5.41, 5.74) is 5.25. The lowest BCUT2D eigenvalue weighted by Gasteiger charge is -2.07. The third-order valence-electron chi connectivity index (χ3n) is 1.99. The predicted octanol–water partition coefficient (Wildman–Crippen LogP) is 1.05. The van der Waals surface area contributed by atoms with Crippen molar-refractivity contribution in [2.45, 2.75) is 6.04 Å². The summed E-state index contributed by atoms with van der Waals surface area (Å²) in [4.78, 5) is 21.8. The van der Waals surface area contributed by atoms with Crippen LogP contribution in [0, 0.1) is 11.6 Å². The van der Waals surface area contributed by atoms with E-state index in [1.807, 2.05) is 0 Å². The van der Waals surface area contributed by atoms with Gasteiger partial charge in [-0.1, -0.05) is 0 Å². The van der Waals surface area contributed by atoms with Crippen molar-refractivity contribution < 1.29 is 23.5 Å². The molecule has 8 heteroatoms. The van der Waals surface area contributed by atoms with Crippen LogP contribution in [0.25, 0.3) is 0 Å². The van der Waals surface area contributed by atoms with E-state index in [0.717, 1.165) is 23.9 Å². The van der Waals surface area contributed by atoms with Crippen LogP contribution in [0.3, 0.4) is 0 Å². The quantitative estimate of drug-likeness (QED) is 0.728. The minimum Gasteiger partial charge on any atom is -0.480 e. The molecule has 1 amide bonds. The first-order valence-electron chi connectivity index (χ1n) is 5.20. The molecule has 1 atom stereocenters. The second kappa shape index (κ2) is 7.05. The fourth-order valence-corrected chi connectivity index (χ4v) is 1.94. The number of rotatable bonds is 6. The van der Waals surface area contributed by atoms with Crippen LogP contribution in [0.2, 0.25) is 0 Å². The molecule has 0 aliphatic rings. The maximum absolute atomic E-state index is 12.8. The van der Waals surface area contributed by atoms with Gasteiger partial charge in [-0.2, -0.15) is 0 Å². The summed E-state index contributed by atoms with van der Waals surface area (Å²) in [6.45, 7) is 0. The van der Waals surface area contributed by atoms with Crippen LogP contribution in [0.1, 0.15) is 0 Å². The van der Waals surface area contributed by atoms with Gasteiger partial charge >= 0.3 is 5.97 Å². The van der Waals surface area contributed by atoms with E-state index in [1.54, 1.807) is 0 Å². The molecule has 0 aliphatic carbocycles. The zero-order valence-electron chi connectivity index (χ0n) is 9.73. The second-order valence-electron chi connectivity index (χ2n) is 3.67. The van der Waals surface area contributed by atoms with Gasteiger partial charge in [-0.25, -0.2) is 8.78 Å². The van der Waals surface area contributed by atoms with Crippen molar-refractivity contribution in [3.8, 4) is 0 Å². The van der Waals surface area contributed by atoms with Gasteiger partial charge in [0.15, 0.2) is 0 Å². The average molecular weight is 290 g/mol. The molecule has 0 saturated heterocycles. The molecule has 0 saturated carbocycles. The number of carbonyl (C=O) groups excluding carboxylic acids is 1. The number of hydrogen-bond donors (Lipinski definition) is 3. The number of hydrogen-bond acceptors (Lipinski definition) is 4. The monoisotopic (exact) mass is 290 g/mol. The Morgan fingerprint density at radius 2 is 1.89 bits per heavy atom. The van der Waals surface area contributed by atoms with Crippen LogP contribution in [-0.2, 0) is 9.59 Å². The maximum Gasteiger partial charge on any atom is 0.321 e. The molecule has 0 fully saturated rings. The Balaban J connectivity index is 2.41. The predicted molar refractivity (Wildman–Crippen MR) is 67.9 cm³/mol. The number of benzene rings is 1. The van der Waals surface area contributed by atoms with Gasteiger partial charge in [-0.15, -0.1) is 11.8 Å². The van der Waals surface area contributed by atoms with Crippen LogP contribution in [0.4, 0.5) is 14.5 Å². The molecular weight excluding hydrogens is 278 g/mol. The number of nitrogens with one attached hydrogen (secondary N) is 1. The number of halogens is 2. The number of carboxylic acid groups (broad SMARTS) is 1. The Labute approximate surface area is 112 Å². The van der Waals surface area contributed by atoms with E-state index in [4.69, 9.17) is 10.8 Å². The Bertz CT molecular complexity index is 465. The highest BCUT2D eigenvalue weighted by atomic mass is 32.2. The Kier molecular flexibility index (Phi) is 5.71. The van der Waals surface area contributed by atoms with E-state index in [-0.39, 0.29) is 17.2 Å². The molecule has 0 bridgehead atoms. The normalized spacial score (nSPS) is 11.9. The highest BCUT2D eigenvalue weighted by Gasteiger charge is 2.12. The number of anilines is 1. The van der Waals surface area contributed by atoms with Crippen LogP contribution in [0.5, 0.6) is 0 Å². The standard InChI is InChI=1S/C11H12F2N2O3S/c12-6-1-7(13)3-8(2-6)15-10(16)5-19-4-9(14)11(17)18/h1-3,9H,4-5,14H2,(H,15,16)(H,17,18). The van der Waals surface area contributed by atoms with Crippen LogP contribution in [-0.4, -0.2) is 34.5 Å². The van der Waals surface area contributed by atoms with Gasteiger partial charge in [0.1, 0.15) is 17.7 Å². The van der Waals surface area contributed by atoms with Gasteiger partial charge in [-0.05, 0) is 12.1 Å². The lowest BCUT2D eigenvalue weighted by molar-refractivity contribution is -0.137. The fraction of sp³-hybridized carbons (Fsp3) is 0.273. The maximum atomic E-state index is 12.8. The van der Waals surface area contributed by atoms with Crippen molar-refractivity contribution in [1.29, 1.82) is 0 Å². The highest BCUT2D eigenvalue weighted by molar-refractivity contribution is 8.00. The molecule has 0 radical (unpaired) electrons. The van der Waals surface area contributed by atoms with Gasteiger partial charge < -0.3 is 16.2 Å². The van der Waals surface area contributed by atoms with Gasteiger partial charge in [0.05, 0.1) is 5.75 Å². The van der Waals surface area contributed by atoms with E-state index in [1.165, 1.54) is 0 Å². The number of thioether (sulfide) groups is 1. The lowest BCUT2D eigenvalue weighted by Crippen LogP contribution is -2.33. The van der Waals surface area contributed by atoms with Crippen molar-refractivity contribution in [3.05, 3.63) is 29.8 Å². The number of nitrogens with two attached hydrogens (primary N) is 1. The van der Waals surface area contributed by atoms with Gasteiger partial charge in [0.2, 0.25) is 5.91 Å². The van der Waals surface area contributed by atoms with Crippen molar-refractivity contribution in [1.82, 2.24) is 0 Å². The average Bonchev–Trinajstić information content (AvgIpc) is 2.26. The van der Waals surface area contributed by atoms with Crippen molar-refractivity contribution in [2.24, 2.45) is 5.73 Å². The smallest absolute Gasteiger partial charge is 0.321 e. The van der Waals surface area contributed by atoms with E-state index < -0.39 is 29.6 Å². The summed E-state index contributed by atoms with van der Waals surface area (Å²) in [7, 11) is 0. The summed E-state index contributed by atoms with van der Waals surface area (Å²) in [5.74, 6) is -3.22. The third-order valence-corrected chi connectivity index (χ3v) is 3.06. The molecular formula is C11H12F2N2O3S. The largest absolute Gasteiger partial charge is 0.480 e. The van der Waals surface area contributed by atoms with Crippen molar-refractivity contribution in [2.75, 3.05) is 16.8 Å². The van der Waals surface area contributed by atoms with Crippen molar-refractivity contribution >= 4 is 29.3 Å². The fourth-order valence-electron chi connectivity index (χ4n) is 1.17. The molecule has 0 aliphatic heterocycles. The topological polar surface area (TPSA) is 92.4 Å². The minimum absolute atomic E-state index is 0.00522. The number of carboxylic acids is 1. The molecule has 1 unspecified atom stereocenters. The number of amides is 1. The molecule has 4 N–H and O–H groups in total. The molecule has 0 heterocycles. The molecule has 5 nitrogen and oxygen atoms in total. The number of aliphatic carboxylic acids is 1. The molecule has 1 rings (SSSR count). The van der Waals surface area contributed by atoms with Crippen molar-refractivity contribution in [3.63, 3.8) is 0 Å². The zero-order chi connectivity index (χ0) is 14.4. The third kappa shape index (κ3) is 5.66. The summed E-state index contributed by atoms with van der Waals surface area (Å²) in [6, 6.07) is 1.60. The van der Waals surface area contributed by atoms with E-state index in [2.05, 4.69) is 5.32 Å². The van der Waals surface area contributed by atoms with Crippen LogP contribution >= 0.6 is 11.8 Å². The van der Waals surface area contributed by atoms with Gasteiger partial charge in [0, 0.05) is 17.5 Å². The summed E-state index contributed by atoms with van der Waals surface area (Å²) < 4.78 is 25.7. The molecule has 104 valence electrons. The molecule has 0 aromatic heterocycles. The van der Waals surface area contributed by atoms with Gasteiger partial charge in [0.25, 0.3) is 0 Å². The lowest BCUT2D eigenvalue weighted by atomic mass is 10.3. The Morgan fingerprint density at radius 1 is 1.32 bits per heavy atom. The van der Waals surface area contributed by atoms with E-state index in [9.17, 15) is 18.4 Å². The molecule has 0 spiro atoms. The zero-order valence-corrected chi connectivity index (χ0v) is 10.5. The van der Waals surface area contributed by atoms with Crippen LogP contribution in [0.15, 0.2) is 18.2 Å². The minimum atomic E-state index is -1.15.